The van der Waals surface area contributed by atoms with Crippen molar-refractivity contribution in [2.75, 3.05) is 12.4 Å². The average Bonchev–Trinajstić information content (AvgIpc) is 3.21. The minimum atomic E-state index is -0.356. The van der Waals surface area contributed by atoms with Gasteiger partial charge in [-0.3, -0.25) is 4.79 Å². The summed E-state index contributed by atoms with van der Waals surface area (Å²) in [5.41, 5.74) is 4.27. The van der Waals surface area contributed by atoms with Gasteiger partial charge in [-0.2, -0.15) is 0 Å². The molecule has 7 nitrogen and oxygen atoms in total. The van der Waals surface area contributed by atoms with Gasteiger partial charge in [-0.15, -0.1) is 5.10 Å². The molecule has 0 aliphatic heterocycles. The first kappa shape index (κ1) is 21.1. The van der Waals surface area contributed by atoms with E-state index in [4.69, 9.17) is 9.47 Å². The fourth-order valence-electron chi connectivity index (χ4n) is 3.30. The molecule has 162 valence electrons. The van der Waals surface area contributed by atoms with Crippen LogP contribution in [0.4, 0.5) is 5.69 Å². The summed E-state index contributed by atoms with van der Waals surface area (Å²) in [4.78, 5) is 13.0. The summed E-state index contributed by atoms with van der Waals surface area (Å²) in [5, 5.41) is 11.2. The van der Waals surface area contributed by atoms with E-state index in [-0.39, 0.29) is 11.6 Å². The van der Waals surface area contributed by atoms with Crippen molar-refractivity contribution in [2.24, 2.45) is 0 Å². The first-order valence-corrected chi connectivity index (χ1v) is 10.2. The first-order chi connectivity index (χ1) is 15.5. The van der Waals surface area contributed by atoms with E-state index in [0.717, 1.165) is 16.8 Å². The third kappa shape index (κ3) is 4.62. The third-order valence-corrected chi connectivity index (χ3v) is 5.03. The molecule has 1 heterocycles. The number of aryl methyl sites for hydroxylation is 1. The smallest absolute Gasteiger partial charge is 0.278 e. The van der Waals surface area contributed by atoms with Gasteiger partial charge in [0.05, 0.1) is 24.2 Å². The summed E-state index contributed by atoms with van der Waals surface area (Å²) in [6.07, 6.45) is 0. The number of carbonyl (C=O) groups excluding carboxylic acids is 1. The minimum Gasteiger partial charge on any atom is -0.497 e. The number of methoxy groups -OCH3 is 1. The Kier molecular flexibility index (Phi) is 6.17. The molecular weight excluding hydrogens is 404 g/mol. The molecule has 0 aliphatic carbocycles. The van der Waals surface area contributed by atoms with Crippen molar-refractivity contribution in [2.45, 2.75) is 20.5 Å². The monoisotopic (exact) mass is 428 g/mol. The van der Waals surface area contributed by atoms with Gasteiger partial charge in [-0.05, 0) is 49.2 Å². The fraction of sp³-hybridized carbons (Fsp3) is 0.160. The lowest BCUT2D eigenvalue weighted by Crippen LogP contribution is -2.15. The molecule has 0 aliphatic rings. The lowest BCUT2D eigenvalue weighted by molar-refractivity contribution is 0.102. The van der Waals surface area contributed by atoms with Gasteiger partial charge in [0.15, 0.2) is 5.69 Å². The molecule has 0 radical (unpaired) electrons. The van der Waals surface area contributed by atoms with Crippen LogP contribution in [0.1, 0.15) is 27.3 Å². The van der Waals surface area contributed by atoms with Crippen LogP contribution < -0.4 is 14.8 Å². The number of benzene rings is 3. The molecule has 4 aromatic rings. The van der Waals surface area contributed by atoms with Gasteiger partial charge in [-0.25, -0.2) is 4.68 Å². The molecule has 3 aromatic carbocycles. The van der Waals surface area contributed by atoms with Crippen molar-refractivity contribution in [1.82, 2.24) is 15.0 Å². The van der Waals surface area contributed by atoms with Crippen LogP contribution in [0.2, 0.25) is 0 Å². The van der Waals surface area contributed by atoms with Crippen molar-refractivity contribution in [1.29, 1.82) is 0 Å². The fourth-order valence-corrected chi connectivity index (χ4v) is 3.30. The number of rotatable bonds is 7. The Morgan fingerprint density at radius 3 is 2.59 bits per heavy atom. The quantitative estimate of drug-likeness (QED) is 0.461. The largest absolute Gasteiger partial charge is 0.497 e. The second-order valence-corrected chi connectivity index (χ2v) is 7.36. The van der Waals surface area contributed by atoms with E-state index >= 15 is 0 Å². The van der Waals surface area contributed by atoms with E-state index in [1.807, 2.05) is 79.7 Å². The number of anilines is 1. The zero-order valence-electron chi connectivity index (χ0n) is 18.2. The van der Waals surface area contributed by atoms with Gasteiger partial charge in [0.25, 0.3) is 5.91 Å². The molecule has 1 amide bonds. The van der Waals surface area contributed by atoms with E-state index in [0.29, 0.717) is 29.5 Å². The normalized spacial score (nSPS) is 10.6. The molecular formula is C25H24N4O3. The Balaban J connectivity index is 1.55. The number of aromatic nitrogens is 3. The summed E-state index contributed by atoms with van der Waals surface area (Å²) in [5.74, 6) is 0.938. The topological polar surface area (TPSA) is 78.3 Å². The zero-order chi connectivity index (χ0) is 22.5. The van der Waals surface area contributed by atoms with Crippen molar-refractivity contribution < 1.29 is 14.3 Å². The number of nitrogens with one attached hydrogen (secondary N) is 1. The number of ether oxygens (including phenoxy) is 2. The van der Waals surface area contributed by atoms with Gasteiger partial charge < -0.3 is 14.8 Å². The molecule has 32 heavy (non-hydrogen) atoms. The number of carbonyl (C=O) groups is 1. The Labute approximate surface area is 186 Å². The first-order valence-electron chi connectivity index (χ1n) is 10.2. The zero-order valence-corrected chi connectivity index (χ0v) is 18.2. The summed E-state index contributed by atoms with van der Waals surface area (Å²) >= 11 is 0. The molecule has 0 spiro atoms. The molecule has 1 aromatic heterocycles. The summed E-state index contributed by atoms with van der Waals surface area (Å²) in [6.45, 7) is 4.18. The molecule has 0 bridgehead atoms. The number of nitrogens with zero attached hydrogens (tertiary/aromatic N) is 3. The molecule has 4 rings (SSSR count). The highest BCUT2D eigenvalue weighted by molar-refractivity contribution is 6.04. The molecule has 1 N–H and O–H groups in total. The van der Waals surface area contributed by atoms with Gasteiger partial charge in [0.1, 0.15) is 18.1 Å². The second-order valence-electron chi connectivity index (χ2n) is 7.36. The summed E-state index contributed by atoms with van der Waals surface area (Å²) in [6, 6.07) is 22.9. The maximum atomic E-state index is 13.0. The van der Waals surface area contributed by atoms with E-state index in [1.54, 1.807) is 18.7 Å². The molecule has 7 heteroatoms. The van der Waals surface area contributed by atoms with Gasteiger partial charge in [-0.1, -0.05) is 47.7 Å². The van der Waals surface area contributed by atoms with Gasteiger partial charge in [0, 0.05) is 6.07 Å². The number of hydrogen-bond donors (Lipinski definition) is 1. The average molecular weight is 428 g/mol. The molecule has 0 unspecified atom stereocenters. The molecule has 0 saturated heterocycles. The van der Waals surface area contributed by atoms with Crippen LogP contribution in [0.5, 0.6) is 11.5 Å². The molecule has 0 saturated carbocycles. The van der Waals surface area contributed by atoms with Crippen LogP contribution in [0.25, 0.3) is 5.69 Å². The van der Waals surface area contributed by atoms with Crippen LogP contribution in [0.3, 0.4) is 0 Å². The lowest BCUT2D eigenvalue weighted by Gasteiger charge is -2.13. The van der Waals surface area contributed by atoms with Gasteiger partial charge in [0.2, 0.25) is 0 Å². The van der Waals surface area contributed by atoms with E-state index < -0.39 is 0 Å². The van der Waals surface area contributed by atoms with Crippen molar-refractivity contribution in [3.05, 3.63) is 95.3 Å². The molecule has 0 atom stereocenters. The number of hydrogen-bond acceptors (Lipinski definition) is 5. The van der Waals surface area contributed by atoms with Crippen LogP contribution >= 0.6 is 0 Å². The Bertz CT molecular complexity index is 1240. The lowest BCUT2D eigenvalue weighted by atomic mass is 10.2. The Hall–Kier alpha value is -4.13. The maximum Gasteiger partial charge on any atom is 0.278 e. The number of amides is 1. The summed E-state index contributed by atoms with van der Waals surface area (Å²) in [7, 11) is 1.60. The van der Waals surface area contributed by atoms with Crippen LogP contribution in [-0.4, -0.2) is 28.0 Å². The molecule has 0 fully saturated rings. The van der Waals surface area contributed by atoms with Crippen LogP contribution in [-0.2, 0) is 6.61 Å². The minimum absolute atomic E-state index is 0.238. The Morgan fingerprint density at radius 1 is 1.00 bits per heavy atom. The summed E-state index contributed by atoms with van der Waals surface area (Å²) < 4.78 is 12.9. The standard InChI is InChI=1S/C25H24N4O3/c1-17-12-13-22(23(14-17)32-16-19-8-5-4-6-9-19)26-25(30)24-18(2)29(28-27-24)20-10-7-11-21(15-20)31-3/h4-15H,16H2,1-3H3,(H,26,30). The van der Waals surface area contributed by atoms with E-state index in [9.17, 15) is 4.79 Å². The van der Waals surface area contributed by atoms with E-state index in [2.05, 4.69) is 15.6 Å². The van der Waals surface area contributed by atoms with Crippen LogP contribution in [0, 0.1) is 13.8 Å². The third-order valence-electron chi connectivity index (χ3n) is 5.03. The van der Waals surface area contributed by atoms with Crippen molar-refractivity contribution >= 4 is 11.6 Å². The highest BCUT2D eigenvalue weighted by Gasteiger charge is 2.19. The van der Waals surface area contributed by atoms with Gasteiger partial charge >= 0.3 is 0 Å². The van der Waals surface area contributed by atoms with Crippen LogP contribution in [0.15, 0.2) is 72.8 Å². The van der Waals surface area contributed by atoms with Crippen molar-refractivity contribution in [3.63, 3.8) is 0 Å². The Morgan fingerprint density at radius 2 is 1.81 bits per heavy atom. The maximum absolute atomic E-state index is 13.0. The predicted octanol–water partition coefficient (Wildman–Crippen LogP) is 4.72. The highest BCUT2D eigenvalue weighted by atomic mass is 16.5. The highest BCUT2D eigenvalue weighted by Crippen LogP contribution is 2.27. The van der Waals surface area contributed by atoms with E-state index in [1.165, 1.54) is 0 Å². The second kappa shape index (κ2) is 9.34. The SMILES string of the molecule is COc1cccc(-n2nnc(C(=O)Nc3ccc(C)cc3OCc3ccccc3)c2C)c1. The predicted molar refractivity (Wildman–Crippen MR) is 123 cm³/mol. The van der Waals surface area contributed by atoms with Crippen molar-refractivity contribution in [3.8, 4) is 17.2 Å².